The average molecular weight is 416 g/mol. The topological polar surface area (TPSA) is 51.0 Å². The molecule has 1 aromatic heterocycles. The molecule has 0 saturated carbocycles. The Morgan fingerprint density at radius 2 is 1.80 bits per heavy atom. The van der Waals surface area contributed by atoms with Crippen LogP contribution in [0.1, 0.15) is 46.9 Å². The molecule has 0 spiro atoms. The summed E-state index contributed by atoms with van der Waals surface area (Å²) in [6.45, 7) is 3.19. The molecule has 1 heterocycles. The van der Waals surface area contributed by atoms with Crippen molar-refractivity contribution < 1.29 is 18.0 Å². The second kappa shape index (κ2) is 9.56. The largest absolute Gasteiger partial charge is 0.416 e. The fourth-order valence-electron chi connectivity index (χ4n) is 3.07. The van der Waals surface area contributed by atoms with E-state index < -0.39 is 11.7 Å². The molecule has 0 atom stereocenters. The first-order valence-electron chi connectivity index (χ1n) is 9.76. The van der Waals surface area contributed by atoms with Gasteiger partial charge in [0.05, 0.1) is 18.3 Å². The predicted molar refractivity (Wildman–Crippen MR) is 107 cm³/mol. The molecule has 2 aromatic carbocycles. The maximum Gasteiger partial charge on any atom is 0.416 e. The zero-order valence-corrected chi connectivity index (χ0v) is 16.6. The normalized spacial score (nSPS) is 11.5. The lowest BCUT2D eigenvalue weighted by Gasteiger charge is -2.21. The van der Waals surface area contributed by atoms with Crippen molar-refractivity contribution in [3.05, 3.63) is 83.2 Å². The highest BCUT2D eigenvalue weighted by atomic mass is 19.4. The van der Waals surface area contributed by atoms with Crippen LogP contribution in [0.15, 0.2) is 60.8 Å². The number of carbonyl (C=O) groups excluding carboxylic acids is 1. The Kier molecular flexibility index (Phi) is 6.87. The molecule has 3 rings (SSSR count). The zero-order valence-electron chi connectivity index (χ0n) is 16.6. The molecule has 0 aliphatic carbocycles. The summed E-state index contributed by atoms with van der Waals surface area (Å²) in [4.78, 5) is 14.7. The monoisotopic (exact) mass is 416 g/mol. The van der Waals surface area contributed by atoms with Gasteiger partial charge in [-0.1, -0.05) is 61.0 Å². The first-order valence-corrected chi connectivity index (χ1v) is 9.76. The summed E-state index contributed by atoms with van der Waals surface area (Å²) < 4.78 is 40.1. The Bertz CT molecular complexity index is 970. The molecule has 0 saturated heterocycles. The van der Waals surface area contributed by atoms with Crippen LogP contribution >= 0.6 is 0 Å². The first kappa shape index (κ1) is 21.5. The van der Waals surface area contributed by atoms with Gasteiger partial charge in [0.1, 0.15) is 0 Å². The summed E-state index contributed by atoms with van der Waals surface area (Å²) in [7, 11) is 0. The Morgan fingerprint density at radius 1 is 1.07 bits per heavy atom. The van der Waals surface area contributed by atoms with Crippen molar-refractivity contribution in [2.24, 2.45) is 0 Å². The van der Waals surface area contributed by atoms with Gasteiger partial charge in [-0.05, 0) is 29.7 Å². The molecule has 5 nitrogen and oxygen atoms in total. The number of alkyl halides is 3. The van der Waals surface area contributed by atoms with E-state index >= 15 is 0 Å². The molecule has 3 aromatic rings. The van der Waals surface area contributed by atoms with Crippen molar-refractivity contribution in [1.29, 1.82) is 0 Å². The van der Waals surface area contributed by atoms with Gasteiger partial charge in [-0.2, -0.15) is 13.2 Å². The highest BCUT2D eigenvalue weighted by Crippen LogP contribution is 2.29. The number of unbranched alkanes of at least 4 members (excludes halogenated alkanes) is 1. The van der Waals surface area contributed by atoms with Crippen LogP contribution < -0.4 is 0 Å². The van der Waals surface area contributed by atoms with Crippen LogP contribution in [0.25, 0.3) is 0 Å². The fourth-order valence-corrected chi connectivity index (χ4v) is 3.07. The first-order chi connectivity index (χ1) is 14.4. The molecule has 0 aliphatic rings. The molecule has 0 fully saturated rings. The number of carbonyl (C=O) groups is 1. The highest BCUT2D eigenvalue weighted by molar-refractivity contribution is 5.91. The minimum absolute atomic E-state index is 0.0951. The summed E-state index contributed by atoms with van der Waals surface area (Å²) in [5, 5.41) is 7.89. The third-order valence-electron chi connectivity index (χ3n) is 4.64. The van der Waals surface area contributed by atoms with Gasteiger partial charge < -0.3 is 4.90 Å². The van der Waals surface area contributed by atoms with Crippen molar-refractivity contribution in [3.63, 3.8) is 0 Å². The molecule has 158 valence electrons. The maximum atomic E-state index is 13.0. The molecule has 0 unspecified atom stereocenters. The number of hydrogen-bond acceptors (Lipinski definition) is 3. The third kappa shape index (κ3) is 5.68. The van der Waals surface area contributed by atoms with Crippen LogP contribution in [0.5, 0.6) is 0 Å². The van der Waals surface area contributed by atoms with Crippen LogP contribution in [-0.4, -0.2) is 32.3 Å². The van der Waals surface area contributed by atoms with Gasteiger partial charge in [0.2, 0.25) is 0 Å². The zero-order chi connectivity index (χ0) is 21.6. The summed E-state index contributed by atoms with van der Waals surface area (Å²) in [6.07, 6.45) is -1.12. The van der Waals surface area contributed by atoms with Crippen LogP contribution in [-0.2, 0) is 19.3 Å². The fraction of sp³-hybridized carbons (Fsp3) is 0.318. The highest BCUT2D eigenvalue weighted by Gasteiger charge is 2.30. The number of nitrogens with zero attached hydrogens (tertiary/aromatic N) is 4. The third-order valence-corrected chi connectivity index (χ3v) is 4.64. The van der Waals surface area contributed by atoms with E-state index in [2.05, 4.69) is 17.2 Å². The summed E-state index contributed by atoms with van der Waals surface area (Å²) >= 11 is 0. The van der Waals surface area contributed by atoms with Crippen LogP contribution in [0.4, 0.5) is 13.2 Å². The van der Waals surface area contributed by atoms with Gasteiger partial charge in [0.15, 0.2) is 5.69 Å². The van der Waals surface area contributed by atoms with Gasteiger partial charge in [0, 0.05) is 13.1 Å². The smallest absolute Gasteiger partial charge is 0.333 e. The van der Waals surface area contributed by atoms with E-state index in [0.717, 1.165) is 30.5 Å². The molecule has 0 aliphatic heterocycles. The van der Waals surface area contributed by atoms with E-state index in [4.69, 9.17) is 0 Å². The Labute approximate surface area is 173 Å². The Balaban J connectivity index is 1.73. The van der Waals surface area contributed by atoms with Crippen molar-refractivity contribution in [2.45, 2.75) is 39.0 Å². The van der Waals surface area contributed by atoms with Gasteiger partial charge in [-0.25, -0.2) is 4.68 Å². The second-order valence-electron chi connectivity index (χ2n) is 7.07. The Morgan fingerprint density at radius 3 is 2.50 bits per heavy atom. The van der Waals surface area contributed by atoms with Crippen LogP contribution in [0.2, 0.25) is 0 Å². The predicted octanol–water partition coefficient (Wildman–Crippen LogP) is 4.79. The lowest BCUT2D eigenvalue weighted by atomic mass is 10.1. The quantitative estimate of drug-likeness (QED) is 0.531. The number of aromatic nitrogens is 3. The van der Waals surface area contributed by atoms with Crippen molar-refractivity contribution >= 4 is 5.91 Å². The molecule has 30 heavy (non-hydrogen) atoms. The van der Waals surface area contributed by atoms with Gasteiger partial charge in [-0.15, -0.1) is 5.10 Å². The SMILES string of the molecule is CCCCN(Cc1ccccc1)C(=O)c1cn(Cc2cccc(C(F)(F)F)c2)nn1. The maximum absolute atomic E-state index is 13.0. The number of hydrogen-bond donors (Lipinski definition) is 0. The van der Waals surface area contributed by atoms with Crippen molar-refractivity contribution in [2.75, 3.05) is 6.54 Å². The van der Waals surface area contributed by atoms with Gasteiger partial charge in [0.25, 0.3) is 5.91 Å². The van der Waals surface area contributed by atoms with E-state index in [1.54, 1.807) is 11.0 Å². The molecule has 0 N–H and O–H groups in total. The van der Waals surface area contributed by atoms with Crippen molar-refractivity contribution in [1.82, 2.24) is 19.9 Å². The minimum atomic E-state index is -4.41. The lowest BCUT2D eigenvalue weighted by Crippen LogP contribution is -2.31. The minimum Gasteiger partial charge on any atom is -0.333 e. The summed E-state index contributed by atoms with van der Waals surface area (Å²) in [5.74, 6) is -0.248. The molecular weight excluding hydrogens is 393 g/mol. The lowest BCUT2D eigenvalue weighted by molar-refractivity contribution is -0.137. The van der Waals surface area contributed by atoms with E-state index in [0.29, 0.717) is 18.7 Å². The average Bonchev–Trinajstić information content (AvgIpc) is 3.19. The van der Waals surface area contributed by atoms with E-state index in [9.17, 15) is 18.0 Å². The van der Waals surface area contributed by atoms with Crippen LogP contribution in [0.3, 0.4) is 0 Å². The summed E-state index contributed by atoms with van der Waals surface area (Å²) in [5.41, 5.74) is 0.901. The standard InChI is InChI=1S/C22H23F3N4O/c1-2-3-12-28(14-17-8-5-4-6-9-17)21(30)20-16-29(27-26-20)15-18-10-7-11-19(13-18)22(23,24)25/h4-11,13,16H,2-3,12,14-15H2,1H3. The van der Waals surface area contributed by atoms with Crippen LogP contribution in [0, 0.1) is 0 Å². The van der Waals surface area contributed by atoms with Gasteiger partial charge >= 0.3 is 6.18 Å². The van der Waals surface area contributed by atoms with Crippen molar-refractivity contribution in [3.8, 4) is 0 Å². The number of amides is 1. The second-order valence-corrected chi connectivity index (χ2v) is 7.07. The number of benzene rings is 2. The number of halogens is 3. The Hall–Kier alpha value is -3.16. The number of rotatable bonds is 8. The van der Waals surface area contributed by atoms with E-state index in [-0.39, 0.29) is 18.1 Å². The van der Waals surface area contributed by atoms with E-state index in [1.807, 2.05) is 30.3 Å². The van der Waals surface area contributed by atoms with E-state index in [1.165, 1.54) is 16.9 Å². The molecule has 1 amide bonds. The summed E-state index contributed by atoms with van der Waals surface area (Å²) in [6, 6.07) is 14.7. The molecule has 0 bridgehead atoms. The van der Waals surface area contributed by atoms with Gasteiger partial charge in [-0.3, -0.25) is 4.79 Å². The molecule has 0 radical (unpaired) electrons. The molecular formula is C22H23F3N4O. The molecule has 8 heteroatoms.